The molecular formula is C14H15BrFNS. The molecule has 0 fully saturated rings. The maximum Gasteiger partial charge on any atom is 0.129 e. The second kappa shape index (κ2) is 6.45. The van der Waals surface area contributed by atoms with E-state index in [4.69, 9.17) is 0 Å². The number of thiophene rings is 1. The molecule has 1 aromatic heterocycles. The van der Waals surface area contributed by atoms with Gasteiger partial charge in [-0.1, -0.05) is 28.1 Å². The molecule has 18 heavy (non-hydrogen) atoms. The van der Waals surface area contributed by atoms with Crippen molar-refractivity contribution < 1.29 is 4.39 Å². The van der Waals surface area contributed by atoms with Crippen molar-refractivity contribution in [1.29, 1.82) is 0 Å². The zero-order valence-electron chi connectivity index (χ0n) is 10.1. The number of benzene rings is 1. The molecule has 1 heterocycles. The maximum atomic E-state index is 13.7. The summed E-state index contributed by atoms with van der Waals surface area (Å²) in [7, 11) is 0. The van der Waals surface area contributed by atoms with Crippen LogP contribution in [0.2, 0.25) is 0 Å². The van der Waals surface area contributed by atoms with Crippen molar-refractivity contribution in [2.24, 2.45) is 0 Å². The third-order valence-corrected chi connectivity index (χ3v) is 4.26. The Kier molecular flexibility index (Phi) is 4.92. The van der Waals surface area contributed by atoms with E-state index >= 15 is 0 Å². The van der Waals surface area contributed by atoms with Crippen LogP contribution in [0.4, 0.5) is 4.39 Å². The van der Waals surface area contributed by atoms with E-state index < -0.39 is 0 Å². The Bertz CT molecular complexity index is 499. The zero-order chi connectivity index (χ0) is 13.0. The van der Waals surface area contributed by atoms with E-state index in [2.05, 4.69) is 38.8 Å². The fourth-order valence-electron chi connectivity index (χ4n) is 1.83. The van der Waals surface area contributed by atoms with Gasteiger partial charge in [0.15, 0.2) is 0 Å². The first kappa shape index (κ1) is 13.7. The average molecular weight is 328 g/mol. The minimum Gasteiger partial charge on any atom is -0.310 e. The second-order valence-electron chi connectivity index (χ2n) is 4.17. The average Bonchev–Trinajstić information content (AvgIpc) is 2.81. The molecule has 0 aliphatic rings. The SMILES string of the molecule is CC(NCCc1cccs1)c1ccc(Br)cc1F. The van der Waals surface area contributed by atoms with E-state index in [0.717, 1.165) is 17.4 Å². The number of rotatable bonds is 5. The molecule has 0 amide bonds. The van der Waals surface area contributed by atoms with Gasteiger partial charge in [0.2, 0.25) is 0 Å². The molecule has 96 valence electrons. The minimum atomic E-state index is -0.166. The zero-order valence-corrected chi connectivity index (χ0v) is 12.5. The highest BCUT2D eigenvalue weighted by atomic mass is 79.9. The van der Waals surface area contributed by atoms with Crippen LogP contribution in [0.3, 0.4) is 0 Å². The lowest BCUT2D eigenvalue weighted by Crippen LogP contribution is -2.22. The molecular weight excluding hydrogens is 313 g/mol. The van der Waals surface area contributed by atoms with Gasteiger partial charge in [-0.15, -0.1) is 11.3 Å². The fourth-order valence-corrected chi connectivity index (χ4v) is 2.87. The van der Waals surface area contributed by atoms with Crippen molar-refractivity contribution in [2.75, 3.05) is 6.54 Å². The third kappa shape index (κ3) is 3.64. The first-order valence-corrected chi connectivity index (χ1v) is 7.55. The van der Waals surface area contributed by atoms with Gasteiger partial charge < -0.3 is 5.32 Å². The summed E-state index contributed by atoms with van der Waals surface area (Å²) in [5, 5.41) is 5.43. The van der Waals surface area contributed by atoms with Crippen LogP contribution in [-0.2, 0) is 6.42 Å². The second-order valence-corrected chi connectivity index (χ2v) is 6.12. The van der Waals surface area contributed by atoms with Crippen molar-refractivity contribution in [1.82, 2.24) is 5.32 Å². The topological polar surface area (TPSA) is 12.0 Å². The monoisotopic (exact) mass is 327 g/mol. The lowest BCUT2D eigenvalue weighted by molar-refractivity contribution is 0.531. The summed E-state index contributed by atoms with van der Waals surface area (Å²) in [6.07, 6.45) is 0.986. The highest BCUT2D eigenvalue weighted by Crippen LogP contribution is 2.20. The lowest BCUT2D eigenvalue weighted by atomic mass is 10.1. The van der Waals surface area contributed by atoms with Crippen LogP contribution in [0, 0.1) is 5.82 Å². The van der Waals surface area contributed by atoms with E-state index in [-0.39, 0.29) is 11.9 Å². The van der Waals surface area contributed by atoms with E-state index in [1.165, 1.54) is 10.9 Å². The van der Waals surface area contributed by atoms with Crippen molar-refractivity contribution in [2.45, 2.75) is 19.4 Å². The summed E-state index contributed by atoms with van der Waals surface area (Å²) in [5.74, 6) is -0.166. The van der Waals surface area contributed by atoms with Crippen molar-refractivity contribution in [3.05, 3.63) is 56.4 Å². The molecule has 1 nitrogen and oxygen atoms in total. The molecule has 0 bridgehead atoms. The minimum absolute atomic E-state index is 0.0260. The van der Waals surface area contributed by atoms with Crippen molar-refractivity contribution in [3.8, 4) is 0 Å². The van der Waals surface area contributed by atoms with E-state index in [1.54, 1.807) is 11.3 Å². The fraction of sp³-hybridized carbons (Fsp3) is 0.286. The van der Waals surface area contributed by atoms with Gasteiger partial charge in [0.1, 0.15) is 5.82 Å². The van der Waals surface area contributed by atoms with Crippen LogP contribution in [0.15, 0.2) is 40.2 Å². The Labute approximate surface area is 119 Å². The highest BCUT2D eigenvalue weighted by Gasteiger charge is 2.10. The van der Waals surface area contributed by atoms with Crippen molar-refractivity contribution >= 4 is 27.3 Å². The summed E-state index contributed by atoms with van der Waals surface area (Å²) >= 11 is 5.02. The van der Waals surface area contributed by atoms with Gasteiger partial charge in [0, 0.05) is 27.5 Å². The third-order valence-electron chi connectivity index (χ3n) is 2.83. The van der Waals surface area contributed by atoms with Gasteiger partial charge >= 0.3 is 0 Å². The maximum absolute atomic E-state index is 13.7. The molecule has 0 saturated carbocycles. The van der Waals surface area contributed by atoms with Crippen LogP contribution < -0.4 is 5.32 Å². The molecule has 0 aliphatic heterocycles. The summed E-state index contributed by atoms with van der Waals surface area (Å²) in [4.78, 5) is 1.35. The molecule has 0 saturated heterocycles. The van der Waals surface area contributed by atoms with Crippen LogP contribution in [0.5, 0.6) is 0 Å². The number of hydrogen-bond acceptors (Lipinski definition) is 2. The smallest absolute Gasteiger partial charge is 0.129 e. The van der Waals surface area contributed by atoms with Gasteiger partial charge in [0.05, 0.1) is 0 Å². The largest absolute Gasteiger partial charge is 0.310 e. The molecule has 0 aliphatic carbocycles. The molecule has 1 aromatic carbocycles. The van der Waals surface area contributed by atoms with E-state index in [0.29, 0.717) is 5.56 Å². The van der Waals surface area contributed by atoms with Gasteiger partial charge in [-0.3, -0.25) is 0 Å². The Morgan fingerprint density at radius 1 is 1.39 bits per heavy atom. The molecule has 0 spiro atoms. The lowest BCUT2D eigenvalue weighted by Gasteiger charge is -2.15. The molecule has 4 heteroatoms. The Morgan fingerprint density at radius 2 is 2.22 bits per heavy atom. The predicted octanol–water partition coefficient (Wildman–Crippen LogP) is 4.54. The number of hydrogen-bond donors (Lipinski definition) is 1. The first-order chi connectivity index (χ1) is 8.66. The normalized spacial score (nSPS) is 12.6. The number of halogens is 2. The molecule has 1 unspecified atom stereocenters. The molecule has 2 aromatic rings. The van der Waals surface area contributed by atoms with Crippen LogP contribution >= 0.6 is 27.3 Å². The van der Waals surface area contributed by atoms with Gasteiger partial charge in [0.25, 0.3) is 0 Å². The molecule has 2 rings (SSSR count). The highest BCUT2D eigenvalue weighted by molar-refractivity contribution is 9.10. The first-order valence-electron chi connectivity index (χ1n) is 5.87. The van der Waals surface area contributed by atoms with E-state index in [9.17, 15) is 4.39 Å². The Hall–Kier alpha value is -0.710. The summed E-state index contributed by atoms with van der Waals surface area (Å²) in [6.45, 7) is 2.85. The molecule has 1 N–H and O–H groups in total. The molecule has 0 radical (unpaired) electrons. The van der Waals surface area contributed by atoms with Gasteiger partial charge in [-0.2, -0.15) is 0 Å². The summed E-state index contributed by atoms with van der Waals surface area (Å²) in [5.41, 5.74) is 0.712. The predicted molar refractivity (Wildman–Crippen MR) is 78.5 cm³/mol. The van der Waals surface area contributed by atoms with Gasteiger partial charge in [-0.05, 0) is 36.9 Å². The quantitative estimate of drug-likeness (QED) is 0.849. The van der Waals surface area contributed by atoms with Crippen LogP contribution in [0.1, 0.15) is 23.4 Å². The molecule has 1 atom stereocenters. The Morgan fingerprint density at radius 3 is 2.89 bits per heavy atom. The number of nitrogens with one attached hydrogen (secondary N) is 1. The van der Waals surface area contributed by atoms with Crippen molar-refractivity contribution in [3.63, 3.8) is 0 Å². The Balaban J connectivity index is 1.89. The summed E-state index contributed by atoms with van der Waals surface area (Å²) < 4.78 is 14.5. The van der Waals surface area contributed by atoms with Gasteiger partial charge in [-0.25, -0.2) is 4.39 Å². The van der Waals surface area contributed by atoms with Crippen LogP contribution in [-0.4, -0.2) is 6.54 Å². The summed E-state index contributed by atoms with van der Waals surface area (Å²) in [6, 6.07) is 9.40. The van der Waals surface area contributed by atoms with Crippen LogP contribution in [0.25, 0.3) is 0 Å². The standard InChI is InChI=1S/C14H15BrFNS/c1-10(13-5-4-11(15)9-14(13)16)17-7-6-12-3-2-8-18-12/h2-5,8-10,17H,6-7H2,1H3. The van der Waals surface area contributed by atoms with E-state index in [1.807, 2.05) is 19.1 Å².